The Kier molecular flexibility index (Phi) is 3.45. The topological polar surface area (TPSA) is 127 Å². The summed E-state index contributed by atoms with van der Waals surface area (Å²) in [5, 5.41) is 29.6. The first-order valence-corrected chi connectivity index (χ1v) is 4.69. The van der Waals surface area contributed by atoms with Crippen molar-refractivity contribution in [1.82, 2.24) is 0 Å². The molecule has 0 aromatic heterocycles. The zero-order valence-corrected chi connectivity index (χ0v) is 9.22. The van der Waals surface area contributed by atoms with Crippen molar-refractivity contribution in [2.24, 2.45) is 0 Å². The van der Waals surface area contributed by atoms with Crippen molar-refractivity contribution in [3.8, 4) is 0 Å². The SMILES string of the molecule is C[C@@](C(=O)O)(N(c1ccccc1)[N+](=O)[O-])[N+](=O)[O-]. The molecule has 0 amide bonds. The first kappa shape index (κ1) is 13.4. The number of hydrogen-bond acceptors (Lipinski definition) is 5. The predicted octanol–water partition coefficient (Wildman–Crippen LogP) is 0.762. The number of hydrazine groups is 1. The maximum Gasteiger partial charge on any atom is 0.441 e. The van der Waals surface area contributed by atoms with Gasteiger partial charge in [-0.1, -0.05) is 18.2 Å². The molecular formula is C9H9N3O6. The van der Waals surface area contributed by atoms with Gasteiger partial charge >= 0.3 is 11.6 Å². The molecule has 1 aromatic rings. The lowest BCUT2D eigenvalue weighted by atomic mass is 10.2. The van der Waals surface area contributed by atoms with Crippen LogP contribution in [0.4, 0.5) is 5.69 Å². The van der Waals surface area contributed by atoms with E-state index in [-0.39, 0.29) is 10.7 Å². The van der Waals surface area contributed by atoms with E-state index >= 15 is 0 Å². The van der Waals surface area contributed by atoms with Crippen molar-refractivity contribution in [3.63, 3.8) is 0 Å². The molecule has 1 atom stereocenters. The van der Waals surface area contributed by atoms with E-state index in [9.17, 15) is 25.0 Å². The Hall–Kier alpha value is -2.71. The molecule has 0 saturated carbocycles. The molecule has 0 aliphatic heterocycles. The first-order valence-electron chi connectivity index (χ1n) is 4.69. The summed E-state index contributed by atoms with van der Waals surface area (Å²) in [6.07, 6.45) is 0. The average molecular weight is 255 g/mol. The van der Waals surface area contributed by atoms with Crippen LogP contribution in [0, 0.1) is 20.2 Å². The summed E-state index contributed by atoms with van der Waals surface area (Å²) in [5.41, 5.74) is -3.07. The van der Waals surface area contributed by atoms with Crippen LogP contribution in [0.2, 0.25) is 0 Å². The van der Waals surface area contributed by atoms with Crippen molar-refractivity contribution >= 4 is 11.7 Å². The normalized spacial score (nSPS) is 13.4. The van der Waals surface area contributed by atoms with Gasteiger partial charge in [-0.3, -0.25) is 10.1 Å². The number of nitrogens with zero attached hydrogens (tertiary/aromatic N) is 3. The van der Waals surface area contributed by atoms with Crippen LogP contribution < -0.4 is 5.01 Å². The van der Waals surface area contributed by atoms with Crippen molar-refractivity contribution in [2.75, 3.05) is 5.01 Å². The number of carboxylic acids is 1. The third-order valence-electron chi connectivity index (χ3n) is 2.34. The number of nitro groups is 2. The standard InChI is InChI=1S/C9H9N3O6/c1-9(8(13)14,11(15)16)10(12(17)18)7-5-3-2-4-6-7/h2-6H,1H3,(H,13,14)/t9-/m1/s1. The Balaban J connectivity index is 3.41. The molecule has 0 radical (unpaired) electrons. The fraction of sp³-hybridized carbons (Fsp3) is 0.222. The van der Waals surface area contributed by atoms with Crippen LogP contribution in [0.25, 0.3) is 0 Å². The summed E-state index contributed by atoms with van der Waals surface area (Å²) in [6, 6.07) is 6.80. The Labute approximate surface area is 101 Å². The molecule has 0 saturated heterocycles. The Morgan fingerprint density at radius 1 is 1.28 bits per heavy atom. The van der Waals surface area contributed by atoms with Crippen molar-refractivity contribution in [2.45, 2.75) is 12.6 Å². The fourth-order valence-corrected chi connectivity index (χ4v) is 1.32. The third kappa shape index (κ3) is 2.05. The van der Waals surface area contributed by atoms with Crippen LogP contribution in [0.5, 0.6) is 0 Å². The number of rotatable bonds is 5. The maximum absolute atomic E-state index is 11.0. The maximum atomic E-state index is 11.0. The number of carbonyl (C=O) groups is 1. The summed E-state index contributed by atoms with van der Waals surface area (Å²) in [7, 11) is 0. The molecular weight excluding hydrogens is 246 g/mol. The van der Waals surface area contributed by atoms with E-state index in [1.54, 1.807) is 6.07 Å². The monoisotopic (exact) mass is 255 g/mol. The van der Waals surface area contributed by atoms with E-state index in [2.05, 4.69) is 0 Å². The Bertz CT molecular complexity index is 474. The van der Waals surface area contributed by atoms with Gasteiger partial charge in [-0.2, -0.15) is 0 Å². The number of carboxylic acid groups (broad SMARTS) is 1. The second kappa shape index (κ2) is 4.65. The minimum atomic E-state index is -2.88. The Morgan fingerprint density at radius 2 is 1.78 bits per heavy atom. The van der Waals surface area contributed by atoms with E-state index < -0.39 is 21.6 Å². The van der Waals surface area contributed by atoms with Crippen LogP contribution in [-0.2, 0) is 4.79 Å². The minimum absolute atomic E-state index is 0.00926. The molecule has 1 rings (SSSR count). The molecule has 0 fully saturated rings. The number of benzene rings is 1. The predicted molar refractivity (Wildman–Crippen MR) is 59.0 cm³/mol. The van der Waals surface area contributed by atoms with Gasteiger partial charge in [0, 0.05) is 6.92 Å². The van der Waals surface area contributed by atoms with Crippen molar-refractivity contribution in [3.05, 3.63) is 50.6 Å². The summed E-state index contributed by atoms with van der Waals surface area (Å²) < 4.78 is 0. The van der Waals surface area contributed by atoms with E-state index in [1.807, 2.05) is 0 Å². The molecule has 0 heterocycles. The van der Waals surface area contributed by atoms with Gasteiger partial charge in [-0.15, -0.1) is 0 Å². The molecule has 0 aliphatic carbocycles. The number of aliphatic carboxylic acids is 1. The van der Waals surface area contributed by atoms with E-state index in [1.165, 1.54) is 24.3 Å². The quantitative estimate of drug-likeness (QED) is 0.467. The zero-order chi connectivity index (χ0) is 13.9. The molecule has 18 heavy (non-hydrogen) atoms. The first-order chi connectivity index (χ1) is 8.31. The summed E-state index contributed by atoms with van der Waals surface area (Å²) in [5.74, 6) is -1.92. The van der Waals surface area contributed by atoms with Gasteiger partial charge < -0.3 is 5.11 Å². The van der Waals surface area contributed by atoms with Gasteiger partial charge in [-0.25, -0.2) is 14.9 Å². The highest BCUT2D eigenvalue weighted by Gasteiger charge is 2.59. The number of para-hydroxylation sites is 1. The van der Waals surface area contributed by atoms with Crippen LogP contribution in [-0.4, -0.2) is 26.7 Å². The van der Waals surface area contributed by atoms with Crippen molar-refractivity contribution < 1.29 is 19.9 Å². The van der Waals surface area contributed by atoms with Crippen LogP contribution in [0.3, 0.4) is 0 Å². The molecule has 9 heteroatoms. The summed E-state index contributed by atoms with van der Waals surface area (Å²) in [6.45, 7) is 0.658. The summed E-state index contributed by atoms with van der Waals surface area (Å²) in [4.78, 5) is 31.6. The van der Waals surface area contributed by atoms with Crippen LogP contribution in [0.1, 0.15) is 6.92 Å². The molecule has 0 aliphatic rings. The third-order valence-corrected chi connectivity index (χ3v) is 2.34. The lowest BCUT2D eigenvalue weighted by Gasteiger charge is -2.22. The number of anilines is 1. The molecule has 9 nitrogen and oxygen atoms in total. The van der Waals surface area contributed by atoms with E-state index in [4.69, 9.17) is 5.11 Å². The van der Waals surface area contributed by atoms with Gasteiger partial charge in [0.25, 0.3) is 0 Å². The van der Waals surface area contributed by atoms with Gasteiger partial charge in [0.15, 0.2) is 5.03 Å². The highest BCUT2D eigenvalue weighted by atomic mass is 16.7. The molecule has 0 spiro atoms. The van der Waals surface area contributed by atoms with E-state index in [0.717, 1.165) is 0 Å². The highest BCUT2D eigenvalue weighted by Crippen LogP contribution is 2.25. The van der Waals surface area contributed by atoms with E-state index in [0.29, 0.717) is 6.92 Å². The molecule has 0 unspecified atom stereocenters. The van der Waals surface area contributed by atoms with Crippen molar-refractivity contribution in [1.29, 1.82) is 0 Å². The molecule has 1 N–H and O–H groups in total. The average Bonchev–Trinajstić information content (AvgIpc) is 2.29. The Morgan fingerprint density at radius 3 is 2.11 bits per heavy atom. The lowest BCUT2D eigenvalue weighted by Crippen LogP contribution is -2.60. The van der Waals surface area contributed by atoms with Gasteiger partial charge in [0.05, 0.1) is 4.92 Å². The lowest BCUT2D eigenvalue weighted by molar-refractivity contribution is -0.621. The second-order valence-electron chi connectivity index (χ2n) is 3.47. The zero-order valence-electron chi connectivity index (χ0n) is 9.22. The fourth-order valence-electron chi connectivity index (χ4n) is 1.32. The molecule has 0 bridgehead atoms. The second-order valence-corrected chi connectivity index (χ2v) is 3.47. The largest absolute Gasteiger partial charge is 0.474 e. The van der Waals surface area contributed by atoms with Crippen LogP contribution in [0.15, 0.2) is 30.3 Å². The highest BCUT2D eigenvalue weighted by molar-refractivity contribution is 5.80. The smallest absolute Gasteiger partial charge is 0.441 e. The van der Waals surface area contributed by atoms with Gasteiger partial charge in [0.1, 0.15) is 5.69 Å². The molecule has 96 valence electrons. The summed E-state index contributed by atoms with van der Waals surface area (Å²) >= 11 is 0. The van der Waals surface area contributed by atoms with Gasteiger partial charge in [0.2, 0.25) is 0 Å². The van der Waals surface area contributed by atoms with Gasteiger partial charge in [-0.05, 0) is 17.1 Å². The number of hydrogen-bond donors (Lipinski definition) is 1. The molecule has 1 aromatic carbocycles. The van der Waals surface area contributed by atoms with Crippen LogP contribution >= 0.6 is 0 Å². The minimum Gasteiger partial charge on any atom is -0.474 e.